The lowest BCUT2D eigenvalue weighted by atomic mass is 10.1. The molecule has 0 fully saturated rings. The number of amides is 2. The number of nitrogens with one attached hydrogen (secondary N) is 2. The van der Waals surface area contributed by atoms with Crippen LogP contribution < -0.4 is 10.6 Å². The molecule has 2 rings (SSSR count). The summed E-state index contributed by atoms with van der Waals surface area (Å²) >= 11 is 1.74. The molecule has 2 aromatic carbocycles. The molecule has 2 amide bonds. The summed E-state index contributed by atoms with van der Waals surface area (Å²) in [7, 11) is 0. The van der Waals surface area contributed by atoms with Crippen molar-refractivity contribution < 1.29 is 9.59 Å². The molecule has 4 nitrogen and oxygen atoms in total. The molecule has 2 aromatic rings. The second-order valence-corrected chi connectivity index (χ2v) is 5.89. The second kappa shape index (κ2) is 8.39. The standard InChI is InChI=1S/C18H20N2O2S/c1-3-19-17(21)15-5-4-6-16(11-15)20-18(22)14-9-7-13(8-10-14)12-23-2/h4-11H,3,12H2,1-2H3,(H,19,21)(H,20,22). The lowest BCUT2D eigenvalue weighted by Crippen LogP contribution is -2.22. The van der Waals surface area contributed by atoms with E-state index < -0.39 is 0 Å². The van der Waals surface area contributed by atoms with Crippen molar-refractivity contribution in [1.29, 1.82) is 0 Å². The highest BCUT2D eigenvalue weighted by molar-refractivity contribution is 7.97. The van der Waals surface area contributed by atoms with E-state index in [-0.39, 0.29) is 11.8 Å². The number of hydrogen-bond acceptors (Lipinski definition) is 3. The quantitative estimate of drug-likeness (QED) is 0.852. The summed E-state index contributed by atoms with van der Waals surface area (Å²) in [5.41, 5.74) is 2.91. The van der Waals surface area contributed by atoms with E-state index in [1.54, 1.807) is 36.0 Å². The van der Waals surface area contributed by atoms with Gasteiger partial charge in [0, 0.05) is 29.1 Å². The van der Waals surface area contributed by atoms with Crippen molar-refractivity contribution in [2.75, 3.05) is 18.1 Å². The van der Waals surface area contributed by atoms with Crippen molar-refractivity contribution in [2.45, 2.75) is 12.7 Å². The summed E-state index contributed by atoms with van der Waals surface area (Å²) in [5.74, 6) is 0.593. The molecule has 120 valence electrons. The van der Waals surface area contributed by atoms with Crippen molar-refractivity contribution in [1.82, 2.24) is 5.32 Å². The fourth-order valence-electron chi connectivity index (χ4n) is 2.12. The van der Waals surface area contributed by atoms with Crippen LogP contribution in [0.25, 0.3) is 0 Å². The van der Waals surface area contributed by atoms with Crippen LogP contribution in [-0.2, 0) is 5.75 Å². The molecule has 0 aliphatic carbocycles. The Kier molecular flexibility index (Phi) is 6.23. The first kappa shape index (κ1) is 17.1. The zero-order valence-corrected chi connectivity index (χ0v) is 14.1. The topological polar surface area (TPSA) is 58.2 Å². The predicted octanol–water partition coefficient (Wildman–Crippen LogP) is 3.55. The highest BCUT2D eigenvalue weighted by Gasteiger charge is 2.09. The molecule has 0 heterocycles. The van der Waals surface area contributed by atoms with Gasteiger partial charge in [0.25, 0.3) is 11.8 Å². The largest absolute Gasteiger partial charge is 0.352 e. The van der Waals surface area contributed by atoms with Crippen molar-refractivity contribution in [3.05, 3.63) is 65.2 Å². The number of carbonyl (C=O) groups is 2. The first-order valence-electron chi connectivity index (χ1n) is 7.41. The Morgan fingerprint density at radius 1 is 1.00 bits per heavy atom. The van der Waals surface area contributed by atoms with E-state index in [0.717, 1.165) is 5.75 Å². The molecule has 0 aliphatic heterocycles. The van der Waals surface area contributed by atoms with Crippen LogP contribution in [0.5, 0.6) is 0 Å². The van der Waals surface area contributed by atoms with Crippen LogP contribution in [0.4, 0.5) is 5.69 Å². The van der Waals surface area contributed by atoms with Gasteiger partial charge >= 0.3 is 0 Å². The maximum Gasteiger partial charge on any atom is 0.255 e. The van der Waals surface area contributed by atoms with Gasteiger partial charge in [0.05, 0.1) is 0 Å². The van der Waals surface area contributed by atoms with Gasteiger partial charge in [-0.3, -0.25) is 9.59 Å². The predicted molar refractivity (Wildman–Crippen MR) is 96.1 cm³/mol. The van der Waals surface area contributed by atoms with E-state index in [0.29, 0.717) is 23.4 Å². The fraction of sp³-hybridized carbons (Fsp3) is 0.222. The Hall–Kier alpha value is -2.27. The molecule has 0 spiro atoms. The molecule has 0 unspecified atom stereocenters. The van der Waals surface area contributed by atoms with Gasteiger partial charge in [0.15, 0.2) is 0 Å². The van der Waals surface area contributed by atoms with Crippen LogP contribution >= 0.6 is 11.8 Å². The number of rotatable bonds is 6. The third-order valence-corrected chi connectivity index (χ3v) is 3.87. The summed E-state index contributed by atoms with van der Waals surface area (Å²) in [6.07, 6.45) is 2.04. The molecule has 5 heteroatoms. The van der Waals surface area contributed by atoms with Crippen LogP contribution in [0, 0.1) is 0 Å². The number of thioether (sulfide) groups is 1. The lowest BCUT2D eigenvalue weighted by molar-refractivity contribution is 0.0954. The van der Waals surface area contributed by atoms with Gasteiger partial charge in [-0.1, -0.05) is 18.2 Å². The average Bonchev–Trinajstić information content (AvgIpc) is 2.56. The summed E-state index contributed by atoms with van der Waals surface area (Å²) < 4.78 is 0. The Morgan fingerprint density at radius 3 is 2.39 bits per heavy atom. The monoisotopic (exact) mass is 328 g/mol. The molecule has 2 N–H and O–H groups in total. The first-order valence-corrected chi connectivity index (χ1v) is 8.81. The van der Waals surface area contributed by atoms with Gasteiger partial charge in [-0.2, -0.15) is 11.8 Å². The lowest BCUT2D eigenvalue weighted by Gasteiger charge is -2.08. The van der Waals surface area contributed by atoms with Crippen molar-refractivity contribution in [2.24, 2.45) is 0 Å². The third kappa shape index (κ3) is 4.86. The fourth-order valence-corrected chi connectivity index (χ4v) is 2.65. The minimum Gasteiger partial charge on any atom is -0.352 e. The van der Waals surface area contributed by atoms with Crippen LogP contribution in [0.3, 0.4) is 0 Å². The summed E-state index contributed by atoms with van der Waals surface area (Å²) in [6, 6.07) is 14.4. The maximum absolute atomic E-state index is 12.3. The van der Waals surface area contributed by atoms with E-state index in [4.69, 9.17) is 0 Å². The Morgan fingerprint density at radius 2 is 1.74 bits per heavy atom. The number of benzene rings is 2. The maximum atomic E-state index is 12.3. The van der Waals surface area contributed by atoms with Crippen LogP contribution in [0.15, 0.2) is 48.5 Å². The molecular formula is C18H20N2O2S. The molecular weight excluding hydrogens is 308 g/mol. The number of anilines is 1. The van der Waals surface area contributed by atoms with Gasteiger partial charge < -0.3 is 10.6 Å². The highest BCUT2D eigenvalue weighted by atomic mass is 32.2. The SMILES string of the molecule is CCNC(=O)c1cccc(NC(=O)c2ccc(CSC)cc2)c1. The third-order valence-electron chi connectivity index (χ3n) is 3.25. The van der Waals surface area contributed by atoms with E-state index >= 15 is 0 Å². The molecule has 0 aromatic heterocycles. The van der Waals surface area contributed by atoms with Gasteiger partial charge in [0.2, 0.25) is 0 Å². The van der Waals surface area contributed by atoms with Crippen molar-refractivity contribution in [3.8, 4) is 0 Å². The smallest absolute Gasteiger partial charge is 0.255 e. The molecule has 0 atom stereocenters. The van der Waals surface area contributed by atoms with Gasteiger partial charge in [-0.15, -0.1) is 0 Å². The summed E-state index contributed by atoms with van der Waals surface area (Å²) in [6.45, 7) is 2.43. The minimum atomic E-state index is -0.186. The van der Waals surface area contributed by atoms with Gasteiger partial charge in [0.1, 0.15) is 0 Å². The van der Waals surface area contributed by atoms with E-state index in [1.807, 2.05) is 37.4 Å². The first-order chi connectivity index (χ1) is 11.1. The number of hydrogen-bond donors (Lipinski definition) is 2. The second-order valence-electron chi connectivity index (χ2n) is 5.02. The van der Waals surface area contributed by atoms with Crippen LogP contribution in [0.1, 0.15) is 33.2 Å². The minimum absolute atomic E-state index is 0.148. The van der Waals surface area contributed by atoms with Crippen molar-refractivity contribution in [3.63, 3.8) is 0 Å². The average molecular weight is 328 g/mol. The zero-order chi connectivity index (χ0) is 16.7. The van der Waals surface area contributed by atoms with E-state index in [2.05, 4.69) is 10.6 Å². The van der Waals surface area contributed by atoms with Gasteiger partial charge in [-0.25, -0.2) is 0 Å². The van der Waals surface area contributed by atoms with Crippen LogP contribution in [0.2, 0.25) is 0 Å². The molecule has 0 bridgehead atoms. The van der Waals surface area contributed by atoms with Crippen molar-refractivity contribution >= 4 is 29.3 Å². The Balaban J connectivity index is 2.07. The Labute approximate surface area is 140 Å². The van der Waals surface area contributed by atoms with Gasteiger partial charge in [-0.05, 0) is 49.1 Å². The molecule has 23 heavy (non-hydrogen) atoms. The summed E-state index contributed by atoms with van der Waals surface area (Å²) in [5, 5.41) is 5.56. The van der Waals surface area contributed by atoms with Crippen LogP contribution in [-0.4, -0.2) is 24.6 Å². The van der Waals surface area contributed by atoms with E-state index in [1.165, 1.54) is 5.56 Å². The number of carbonyl (C=O) groups excluding carboxylic acids is 2. The highest BCUT2D eigenvalue weighted by Crippen LogP contribution is 2.14. The molecule has 0 saturated heterocycles. The molecule has 0 saturated carbocycles. The van der Waals surface area contributed by atoms with E-state index in [9.17, 15) is 9.59 Å². The molecule has 0 radical (unpaired) electrons. The molecule has 0 aliphatic rings. The Bertz CT molecular complexity index is 684. The summed E-state index contributed by atoms with van der Waals surface area (Å²) in [4.78, 5) is 24.1. The normalized spacial score (nSPS) is 10.2. The zero-order valence-electron chi connectivity index (χ0n) is 13.3.